The average molecular weight is 928 g/mol. The van der Waals surface area contributed by atoms with E-state index in [0.29, 0.717) is 19.3 Å². The van der Waals surface area contributed by atoms with E-state index >= 15 is 0 Å². The molecule has 9 unspecified atom stereocenters. The number of ether oxygens (including phenoxy) is 2. The lowest BCUT2D eigenvalue weighted by Crippen LogP contribution is -2.60. The zero-order valence-electron chi connectivity index (χ0n) is 42.0. The first kappa shape index (κ1) is 61.9. The molecule has 0 aromatic carbocycles. The van der Waals surface area contributed by atoms with E-state index in [4.69, 9.17) is 9.47 Å². The van der Waals surface area contributed by atoms with Crippen molar-refractivity contribution in [3.63, 3.8) is 0 Å². The molecule has 65 heavy (non-hydrogen) atoms. The van der Waals surface area contributed by atoms with Crippen molar-refractivity contribution >= 4 is 5.91 Å². The Hall–Kier alpha value is -1.15. The Morgan fingerprint density at radius 1 is 0.523 bits per heavy atom. The van der Waals surface area contributed by atoms with E-state index in [9.17, 15) is 40.5 Å². The highest BCUT2D eigenvalue weighted by atomic mass is 16.7. The Morgan fingerprint density at radius 3 is 1.29 bits per heavy atom. The minimum Gasteiger partial charge on any atom is -0.394 e. The van der Waals surface area contributed by atoms with Gasteiger partial charge in [-0.15, -0.1) is 0 Å². The van der Waals surface area contributed by atoms with Gasteiger partial charge in [0.1, 0.15) is 36.6 Å². The number of carbonyl (C=O) groups excluding carboxylic acids is 1. The molecule has 1 fully saturated rings. The molecule has 1 aliphatic heterocycles. The van der Waals surface area contributed by atoms with Crippen molar-refractivity contribution in [1.82, 2.24) is 5.32 Å². The zero-order valence-corrected chi connectivity index (χ0v) is 42.0. The molecule has 9 atom stereocenters. The summed E-state index contributed by atoms with van der Waals surface area (Å²) in [7, 11) is 0. The van der Waals surface area contributed by atoms with Gasteiger partial charge in [0, 0.05) is 0 Å². The van der Waals surface area contributed by atoms with Crippen LogP contribution in [-0.4, -0.2) is 110 Å². The molecule has 1 amide bonds. The lowest BCUT2D eigenvalue weighted by atomic mass is 9.98. The first-order valence-electron chi connectivity index (χ1n) is 27.6. The van der Waals surface area contributed by atoms with Crippen LogP contribution < -0.4 is 5.32 Å². The quantitative estimate of drug-likeness (QED) is 0.0215. The number of nitrogens with one attached hydrogen (secondary N) is 1. The van der Waals surface area contributed by atoms with Gasteiger partial charge in [-0.05, 0) is 38.5 Å². The first-order valence-corrected chi connectivity index (χ1v) is 27.6. The number of rotatable bonds is 47. The third-order valence-electron chi connectivity index (χ3n) is 13.6. The van der Waals surface area contributed by atoms with Gasteiger partial charge in [-0.1, -0.05) is 231 Å². The van der Waals surface area contributed by atoms with Gasteiger partial charge in [-0.3, -0.25) is 4.79 Å². The fourth-order valence-electron chi connectivity index (χ4n) is 9.03. The molecule has 1 saturated heterocycles. The monoisotopic (exact) mass is 928 g/mol. The summed E-state index contributed by atoms with van der Waals surface area (Å²) in [5.74, 6) is -0.698. The van der Waals surface area contributed by atoms with E-state index in [1.807, 2.05) is 0 Å². The van der Waals surface area contributed by atoms with E-state index in [1.54, 1.807) is 0 Å². The number of amides is 1. The van der Waals surface area contributed by atoms with Crippen LogP contribution in [0.5, 0.6) is 0 Å². The SMILES string of the molecule is CCCCCCCC/C=C\CCCCCCCCC(O)C(=O)NC(COC1OC(CO)C(O)C(O)C1O)C(O)C(O)CCCCCCCCCCCCCCCCCCCCCCCC. The molecule has 0 saturated carbocycles. The van der Waals surface area contributed by atoms with Gasteiger partial charge in [0.15, 0.2) is 6.29 Å². The summed E-state index contributed by atoms with van der Waals surface area (Å²) >= 11 is 0. The topological polar surface area (TPSA) is 189 Å². The minimum atomic E-state index is -1.66. The van der Waals surface area contributed by atoms with Crippen LogP contribution in [0.15, 0.2) is 12.2 Å². The molecule has 1 heterocycles. The molecule has 0 aromatic rings. The molecule has 1 rings (SSSR count). The normalized spacial score (nSPS) is 20.9. The summed E-state index contributed by atoms with van der Waals surface area (Å²) in [4.78, 5) is 13.1. The van der Waals surface area contributed by atoms with Gasteiger partial charge in [0.25, 0.3) is 0 Å². The second-order valence-corrected chi connectivity index (χ2v) is 19.7. The number of aliphatic hydroxyl groups excluding tert-OH is 7. The standard InChI is InChI=1S/C54H105NO10/c1-3-5-7-9-11-13-15-17-19-21-22-23-24-25-26-28-29-31-33-35-37-39-41-46(57)49(59)45(44-64-54-52(62)51(61)50(60)48(43-56)65-54)55-53(63)47(58)42-40-38-36-34-32-30-27-20-18-16-14-12-10-8-6-4-2/h18,20,45-52,54,56-62H,3-17,19,21-44H2,1-2H3,(H,55,63)/b20-18-. The van der Waals surface area contributed by atoms with E-state index in [2.05, 4.69) is 31.3 Å². The fourth-order valence-corrected chi connectivity index (χ4v) is 9.03. The Kier molecular flexibility index (Phi) is 42.0. The fraction of sp³-hybridized carbons (Fsp3) is 0.944. The molecule has 0 spiro atoms. The molecule has 1 aliphatic rings. The molecule has 0 bridgehead atoms. The summed E-state index contributed by atoms with van der Waals surface area (Å²) < 4.78 is 11.1. The van der Waals surface area contributed by atoms with Crippen LogP contribution in [0.3, 0.4) is 0 Å². The van der Waals surface area contributed by atoms with Crippen molar-refractivity contribution in [3.05, 3.63) is 12.2 Å². The molecule has 11 nitrogen and oxygen atoms in total. The van der Waals surface area contributed by atoms with Gasteiger partial charge in [0.05, 0.1) is 25.4 Å². The lowest BCUT2D eigenvalue weighted by Gasteiger charge is -2.40. The molecule has 0 radical (unpaired) electrons. The van der Waals surface area contributed by atoms with Gasteiger partial charge < -0.3 is 50.5 Å². The summed E-state index contributed by atoms with van der Waals surface area (Å²) in [6.45, 7) is 3.47. The van der Waals surface area contributed by atoms with Crippen molar-refractivity contribution in [2.45, 2.75) is 313 Å². The first-order chi connectivity index (χ1) is 31.7. The van der Waals surface area contributed by atoms with Crippen LogP contribution in [0, 0.1) is 0 Å². The highest BCUT2D eigenvalue weighted by molar-refractivity contribution is 5.80. The Balaban J connectivity index is 2.34. The van der Waals surface area contributed by atoms with Gasteiger partial charge in [-0.25, -0.2) is 0 Å². The number of unbranched alkanes of at least 4 members (excludes halogenated alkanes) is 33. The van der Waals surface area contributed by atoms with Crippen LogP contribution in [0.4, 0.5) is 0 Å². The summed E-state index contributed by atoms with van der Waals surface area (Å²) in [6, 6.07) is -1.17. The van der Waals surface area contributed by atoms with E-state index in [1.165, 1.54) is 167 Å². The van der Waals surface area contributed by atoms with Gasteiger partial charge >= 0.3 is 0 Å². The number of aliphatic hydroxyl groups is 7. The smallest absolute Gasteiger partial charge is 0.249 e. The van der Waals surface area contributed by atoms with Crippen LogP contribution in [0.25, 0.3) is 0 Å². The maximum Gasteiger partial charge on any atom is 0.249 e. The van der Waals surface area contributed by atoms with E-state index in [0.717, 1.165) is 51.4 Å². The highest BCUT2D eigenvalue weighted by Crippen LogP contribution is 2.23. The number of hydrogen-bond donors (Lipinski definition) is 8. The van der Waals surface area contributed by atoms with E-state index in [-0.39, 0.29) is 6.42 Å². The third-order valence-corrected chi connectivity index (χ3v) is 13.6. The number of carbonyl (C=O) groups is 1. The van der Waals surface area contributed by atoms with Crippen molar-refractivity contribution < 1.29 is 50.0 Å². The van der Waals surface area contributed by atoms with Crippen LogP contribution >= 0.6 is 0 Å². The predicted octanol–water partition coefficient (Wildman–Crippen LogP) is 10.8. The number of hydrogen-bond acceptors (Lipinski definition) is 10. The molecule has 0 aromatic heterocycles. The summed E-state index contributed by atoms with van der Waals surface area (Å²) in [5, 5.41) is 76.0. The Labute approximate surface area is 398 Å². The molecule has 8 N–H and O–H groups in total. The molecule has 386 valence electrons. The summed E-state index contributed by atoms with van der Waals surface area (Å²) in [6.07, 6.45) is 38.3. The molecule has 0 aliphatic carbocycles. The second-order valence-electron chi connectivity index (χ2n) is 19.7. The van der Waals surface area contributed by atoms with Gasteiger partial charge in [0.2, 0.25) is 5.91 Å². The van der Waals surface area contributed by atoms with Crippen molar-refractivity contribution in [2.24, 2.45) is 0 Å². The largest absolute Gasteiger partial charge is 0.394 e. The minimum absolute atomic E-state index is 0.255. The third kappa shape index (κ3) is 33.1. The Morgan fingerprint density at radius 2 is 0.892 bits per heavy atom. The zero-order chi connectivity index (χ0) is 47.6. The maximum absolute atomic E-state index is 13.1. The lowest BCUT2D eigenvalue weighted by molar-refractivity contribution is -0.303. The summed E-state index contributed by atoms with van der Waals surface area (Å²) in [5.41, 5.74) is 0. The Bertz CT molecular complexity index is 1060. The maximum atomic E-state index is 13.1. The highest BCUT2D eigenvalue weighted by Gasteiger charge is 2.44. The van der Waals surface area contributed by atoms with Crippen LogP contribution in [0.1, 0.15) is 258 Å². The van der Waals surface area contributed by atoms with Gasteiger partial charge in [-0.2, -0.15) is 0 Å². The number of allylic oxidation sites excluding steroid dienone is 2. The molecular formula is C54H105NO10. The van der Waals surface area contributed by atoms with Crippen molar-refractivity contribution in [2.75, 3.05) is 13.2 Å². The molecule has 11 heteroatoms. The second kappa shape index (κ2) is 44.1. The van der Waals surface area contributed by atoms with Crippen molar-refractivity contribution in [3.8, 4) is 0 Å². The van der Waals surface area contributed by atoms with Crippen molar-refractivity contribution in [1.29, 1.82) is 0 Å². The van der Waals surface area contributed by atoms with E-state index < -0.39 is 74.2 Å². The average Bonchev–Trinajstić information content (AvgIpc) is 3.31. The predicted molar refractivity (Wildman–Crippen MR) is 266 cm³/mol. The van der Waals surface area contributed by atoms with Crippen LogP contribution in [-0.2, 0) is 14.3 Å². The molecular weight excluding hydrogens is 823 g/mol. The van der Waals surface area contributed by atoms with Crippen LogP contribution in [0.2, 0.25) is 0 Å².